The molecule has 15 heavy (non-hydrogen) atoms. The highest BCUT2D eigenvalue weighted by Gasteiger charge is 2.14. The second-order valence-corrected chi connectivity index (χ2v) is 3.40. The first kappa shape index (κ1) is 13.7. The van der Waals surface area contributed by atoms with Crippen LogP contribution >= 0.6 is 0 Å². The van der Waals surface area contributed by atoms with Gasteiger partial charge in [0.05, 0.1) is 0 Å². The molecule has 0 atom stereocenters. The summed E-state index contributed by atoms with van der Waals surface area (Å²) in [6.07, 6.45) is 2.68. The fraction of sp³-hybridized carbons (Fsp3) is 0.800. The lowest BCUT2D eigenvalue weighted by molar-refractivity contribution is -0.137. The van der Waals surface area contributed by atoms with E-state index in [0.717, 1.165) is 19.3 Å². The molecule has 0 rings (SSSR count). The van der Waals surface area contributed by atoms with Gasteiger partial charge in [0.25, 0.3) is 0 Å². The Morgan fingerprint density at radius 1 is 1.27 bits per heavy atom. The predicted octanol–water partition coefficient (Wildman–Crippen LogP) is 1.29. The Labute approximate surface area is 90.5 Å². The molecule has 0 bridgehead atoms. The molecule has 0 unspecified atom stereocenters. The highest BCUT2D eigenvalue weighted by atomic mass is 16.4. The van der Waals surface area contributed by atoms with Crippen molar-refractivity contribution in [1.82, 2.24) is 10.2 Å². The summed E-state index contributed by atoms with van der Waals surface area (Å²) in [5.41, 5.74) is 0. The van der Waals surface area contributed by atoms with Crippen molar-refractivity contribution < 1.29 is 14.7 Å². The molecule has 0 spiro atoms. The van der Waals surface area contributed by atoms with Gasteiger partial charge in [0.1, 0.15) is 6.54 Å². The number of amides is 2. The standard InChI is InChI=1S/C10H20N2O3/c1-3-5-6-11-10(15)12(7-4-2)8-9(13)14/h3-8H2,1-2H3,(H,11,15)(H,13,14). The Bertz CT molecular complexity index is 207. The second kappa shape index (κ2) is 8.08. The Kier molecular flexibility index (Phi) is 7.40. The summed E-state index contributed by atoms with van der Waals surface area (Å²) < 4.78 is 0. The van der Waals surface area contributed by atoms with Gasteiger partial charge in [-0.1, -0.05) is 20.3 Å². The van der Waals surface area contributed by atoms with Crippen LogP contribution in [0.3, 0.4) is 0 Å². The van der Waals surface area contributed by atoms with Gasteiger partial charge >= 0.3 is 12.0 Å². The lowest BCUT2D eigenvalue weighted by Crippen LogP contribution is -2.43. The number of carbonyl (C=O) groups is 2. The van der Waals surface area contributed by atoms with E-state index in [1.54, 1.807) is 0 Å². The maximum Gasteiger partial charge on any atom is 0.323 e. The maximum atomic E-state index is 11.5. The van der Waals surface area contributed by atoms with Gasteiger partial charge in [0.2, 0.25) is 0 Å². The Morgan fingerprint density at radius 3 is 2.40 bits per heavy atom. The zero-order chi connectivity index (χ0) is 11.7. The number of unbranched alkanes of at least 4 members (excludes halogenated alkanes) is 1. The van der Waals surface area contributed by atoms with Crippen molar-refractivity contribution in [3.05, 3.63) is 0 Å². The minimum absolute atomic E-state index is 0.230. The van der Waals surface area contributed by atoms with Crippen molar-refractivity contribution in [1.29, 1.82) is 0 Å². The number of rotatable bonds is 7. The average Bonchev–Trinajstić information content (AvgIpc) is 2.17. The molecule has 0 aromatic carbocycles. The topological polar surface area (TPSA) is 69.6 Å². The minimum atomic E-state index is -0.978. The highest BCUT2D eigenvalue weighted by Crippen LogP contribution is 1.93. The van der Waals surface area contributed by atoms with Crippen molar-refractivity contribution in [2.24, 2.45) is 0 Å². The van der Waals surface area contributed by atoms with Gasteiger partial charge in [-0.25, -0.2) is 4.79 Å². The van der Waals surface area contributed by atoms with Crippen molar-refractivity contribution in [2.75, 3.05) is 19.6 Å². The van der Waals surface area contributed by atoms with Crippen molar-refractivity contribution in [2.45, 2.75) is 33.1 Å². The molecule has 5 nitrogen and oxygen atoms in total. The van der Waals surface area contributed by atoms with E-state index >= 15 is 0 Å². The number of nitrogens with one attached hydrogen (secondary N) is 1. The van der Waals surface area contributed by atoms with Gasteiger partial charge in [-0.3, -0.25) is 4.79 Å². The molecular formula is C10H20N2O3. The fourth-order valence-corrected chi connectivity index (χ4v) is 1.17. The monoisotopic (exact) mass is 216 g/mol. The van der Waals surface area contributed by atoms with Crippen LogP contribution in [0, 0.1) is 0 Å². The third-order valence-corrected chi connectivity index (χ3v) is 1.91. The van der Waals surface area contributed by atoms with Crippen LogP contribution in [0.5, 0.6) is 0 Å². The summed E-state index contributed by atoms with van der Waals surface area (Å²) in [6.45, 7) is 4.80. The minimum Gasteiger partial charge on any atom is -0.480 e. The smallest absolute Gasteiger partial charge is 0.323 e. The van der Waals surface area contributed by atoms with Crippen LogP contribution < -0.4 is 5.32 Å². The molecule has 0 aliphatic carbocycles. The third kappa shape index (κ3) is 6.76. The summed E-state index contributed by atoms with van der Waals surface area (Å²) in [5.74, 6) is -0.978. The van der Waals surface area contributed by atoms with Crippen LogP contribution in [-0.2, 0) is 4.79 Å². The summed E-state index contributed by atoms with van der Waals surface area (Å²) in [4.78, 5) is 23.3. The molecule has 0 heterocycles. The first-order valence-electron chi connectivity index (χ1n) is 5.36. The number of carbonyl (C=O) groups excluding carboxylic acids is 1. The van der Waals surface area contributed by atoms with E-state index in [1.807, 2.05) is 13.8 Å². The first-order chi connectivity index (χ1) is 7.11. The normalized spacial score (nSPS) is 9.73. The largest absolute Gasteiger partial charge is 0.480 e. The van der Waals surface area contributed by atoms with Crippen LogP contribution in [0.15, 0.2) is 0 Å². The maximum absolute atomic E-state index is 11.5. The van der Waals surface area contributed by atoms with Crippen LogP contribution in [0.25, 0.3) is 0 Å². The molecule has 0 saturated heterocycles. The van der Waals surface area contributed by atoms with E-state index < -0.39 is 5.97 Å². The van der Waals surface area contributed by atoms with Gasteiger partial charge in [-0.15, -0.1) is 0 Å². The highest BCUT2D eigenvalue weighted by molar-refractivity contribution is 5.79. The molecule has 0 aromatic rings. The van der Waals surface area contributed by atoms with Gasteiger partial charge in [0.15, 0.2) is 0 Å². The Morgan fingerprint density at radius 2 is 1.93 bits per heavy atom. The number of hydrogen-bond donors (Lipinski definition) is 2. The molecule has 0 fully saturated rings. The molecule has 88 valence electrons. The van der Waals surface area contributed by atoms with Crippen LogP contribution in [0.4, 0.5) is 4.79 Å². The van der Waals surface area contributed by atoms with Crippen molar-refractivity contribution in [3.63, 3.8) is 0 Å². The van der Waals surface area contributed by atoms with Crippen LogP contribution in [0.1, 0.15) is 33.1 Å². The average molecular weight is 216 g/mol. The summed E-state index contributed by atoms with van der Waals surface area (Å²) in [7, 11) is 0. The van der Waals surface area contributed by atoms with Gasteiger partial charge in [-0.2, -0.15) is 0 Å². The van der Waals surface area contributed by atoms with Crippen molar-refractivity contribution >= 4 is 12.0 Å². The molecule has 0 aliphatic heterocycles. The quantitative estimate of drug-likeness (QED) is 0.630. The SMILES string of the molecule is CCCCNC(=O)N(CCC)CC(=O)O. The summed E-state index contributed by atoms with van der Waals surface area (Å²) >= 11 is 0. The molecule has 0 radical (unpaired) electrons. The van der Waals surface area contributed by atoms with Crippen molar-refractivity contribution in [3.8, 4) is 0 Å². The van der Waals surface area contributed by atoms with E-state index in [1.165, 1.54) is 4.90 Å². The number of hydrogen-bond acceptors (Lipinski definition) is 2. The molecule has 0 aliphatic rings. The molecule has 0 saturated carbocycles. The zero-order valence-electron chi connectivity index (χ0n) is 9.45. The lowest BCUT2D eigenvalue weighted by Gasteiger charge is -2.20. The van der Waals surface area contributed by atoms with Gasteiger partial charge < -0.3 is 15.3 Å². The lowest BCUT2D eigenvalue weighted by atomic mass is 10.3. The van der Waals surface area contributed by atoms with Crippen LogP contribution in [0.2, 0.25) is 0 Å². The molecule has 2 amide bonds. The number of urea groups is 1. The Hall–Kier alpha value is -1.26. The molecule has 2 N–H and O–H groups in total. The van der Waals surface area contributed by atoms with E-state index in [0.29, 0.717) is 13.1 Å². The first-order valence-corrected chi connectivity index (χ1v) is 5.36. The fourth-order valence-electron chi connectivity index (χ4n) is 1.17. The predicted molar refractivity (Wildman–Crippen MR) is 57.8 cm³/mol. The summed E-state index contributed by atoms with van der Waals surface area (Å²) in [5, 5.41) is 11.3. The van der Waals surface area contributed by atoms with E-state index in [-0.39, 0.29) is 12.6 Å². The van der Waals surface area contributed by atoms with E-state index in [2.05, 4.69) is 5.32 Å². The number of carboxylic acid groups (broad SMARTS) is 1. The summed E-state index contributed by atoms with van der Waals surface area (Å²) in [6, 6.07) is -0.285. The van der Waals surface area contributed by atoms with Crippen LogP contribution in [-0.4, -0.2) is 41.6 Å². The molecule has 0 aromatic heterocycles. The number of nitrogens with zero attached hydrogens (tertiary/aromatic N) is 1. The third-order valence-electron chi connectivity index (χ3n) is 1.91. The van der Waals surface area contributed by atoms with E-state index in [9.17, 15) is 9.59 Å². The molecular weight excluding hydrogens is 196 g/mol. The van der Waals surface area contributed by atoms with Gasteiger partial charge in [0, 0.05) is 13.1 Å². The molecule has 5 heteroatoms. The van der Waals surface area contributed by atoms with Gasteiger partial charge in [-0.05, 0) is 12.8 Å². The zero-order valence-corrected chi connectivity index (χ0v) is 9.45. The second-order valence-electron chi connectivity index (χ2n) is 3.40. The Balaban J connectivity index is 3.98. The van der Waals surface area contributed by atoms with E-state index in [4.69, 9.17) is 5.11 Å². The number of aliphatic carboxylic acids is 1. The number of carboxylic acids is 1.